The van der Waals surface area contributed by atoms with Crippen LogP contribution in [-0.2, 0) is 16.0 Å². The first-order valence-corrected chi connectivity index (χ1v) is 7.79. The Kier molecular flexibility index (Phi) is 6.71. The first-order valence-electron chi connectivity index (χ1n) is 7.04. The first kappa shape index (κ1) is 17.6. The number of benzene rings is 2. The second-order valence-corrected chi connectivity index (χ2v) is 5.71. The highest BCUT2D eigenvalue weighted by Crippen LogP contribution is 2.28. The van der Waals surface area contributed by atoms with E-state index in [-0.39, 0.29) is 12.3 Å². The summed E-state index contributed by atoms with van der Waals surface area (Å²) in [6, 6.07) is 12.2. The number of nitrogens with one attached hydrogen (secondary N) is 1. The van der Waals surface area contributed by atoms with Gasteiger partial charge in [-0.3, -0.25) is 4.79 Å². The van der Waals surface area contributed by atoms with Crippen molar-refractivity contribution in [1.29, 1.82) is 0 Å². The molecule has 2 aromatic carbocycles. The average Bonchev–Trinajstić information content (AvgIpc) is 2.52. The Hall–Kier alpha value is -1.75. The second kappa shape index (κ2) is 8.77. The van der Waals surface area contributed by atoms with E-state index in [0.717, 1.165) is 5.56 Å². The van der Waals surface area contributed by atoms with E-state index in [0.29, 0.717) is 34.7 Å². The molecule has 1 amide bonds. The fraction of sp³-hybridized carbons (Fsp3) is 0.235. The first-order chi connectivity index (χ1) is 11.1. The molecule has 0 unspecified atom stereocenters. The van der Waals surface area contributed by atoms with Gasteiger partial charge in [0.1, 0.15) is 12.4 Å². The highest BCUT2D eigenvalue weighted by atomic mass is 35.5. The average molecular weight is 354 g/mol. The highest BCUT2D eigenvalue weighted by Gasteiger charge is 2.10. The topological polar surface area (TPSA) is 47.6 Å². The van der Waals surface area contributed by atoms with Crippen LogP contribution in [0.1, 0.15) is 5.56 Å². The Balaban J connectivity index is 2.03. The van der Waals surface area contributed by atoms with Crippen molar-refractivity contribution in [1.82, 2.24) is 0 Å². The van der Waals surface area contributed by atoms with Crippen molar-refractivity contribution in [3.05, 3.63) is 58.1 Å². The molecule has 0 aromatic heterocycles. The minimum Gasteiger partial charge on any atom is -0.489 e. The lowest BCUT2D eigenvalue weighted by Crippen LogP contribution is -2.15. The molecule has 122 valence electrons. The van der Waals surface area contributed by atoms with E-state index in [9.17, 15) is 4.79 Å². The predicted molar refractivity (Wildman–Crippen MR) is 92.6 cm³/mol. The van der Waals surface area contributed by atoms with Gasteiger partial charge in [0.05, 0.1) is 18.7 Å². The summed E-state index contributed by atoms with van der Waals surface area (Å²) in [5, 5.41) is 3.98. The van der Waals surface area contributed by atoms with Gasteiger partial charge in [0.2, 0.25) is 5.91 Å². The highest BCUT2D eigenvalue weighted by molar-refractivity contribution is 6.31. The molecule has 0 saturated heterocycles. The lowest BCUT2D eigenvalue weighted by molar-refractivity contribution is -0.115. The molecule has 0 atom stereocenters. The zero-order chi connectivity index (χ0) is 16.7. The number of anilines is 1. The number of halogens is 2. The van der Waals surface area contributed by atoms with Gasteiger partial charge in [0.15, 0.2) is 0 Å². The molecule has 2 aromatic rings. The lowest BCUT2D eigenvalue weighted by Gasteiger charge is -2.13. The maximum Gasteiger partial charge on any atom is 0.228 e. The Labute approximate surface area is 145 Å². The molecule has 1 N–H and O–H groups in total. The van der Waals surface area contributed by atoms with E-state index in [4.69, 9.17) is 32.7 Å². The third kappa shape index (κ3) is 5.75. The summed E-state index contributed by atoms with van der Waals surface area (Å²) in [6.45, 7) is 0.846. The minimum absolute atomic E-state index is 0.161. The van der Waals surface area contributed by atoms with Gasteiger partial charge < -0.3 is 14.8 Å². The van der Waals surface area contributed by atoms with Crippen LogP contribution in [0.15, 0.2) is 42.5 Å². The number of rotatable bonds is 7. The summed E-state index contributed by atoms with van der Waals surface area (Å²) in [5.74, 6) is 0.391. The van der Waals surface area contributed by atoms with Crippen LogP contribution < -0.4 is 10.1 Å². The molecule has 4 nitrogen and oxygen atoms in total. The molecule has 0 bridgehead atoms. The predicted octanol–water partition coefficient (Wildman–Crippen LogP) is 4.20. The fourth-order valence-electron chi connectivity index (χ4n) is 1.94. The van der Waals surface area contributed by atoms with Crippen molar-refractivity contribution in [2.45, 2.75) is 6.42 Å². The maximum absolute atomic E-state index is 12.2. The fourth-order valence-corrected chi connectivity index (χ4v) is 2.24. The van der Waals surface area contributed by atoms with Crippen molar-refractivity contribution >= 4 is 34.8 Å². The second-order valence-electron chi connectivity index (χ2n) is 4.83. The molecule has 23 heavy (non-hydrogen) atoms. The number of amides is 1. The number of carbonyl (C=O) groups excluding carboxylic acids is 1. The van der Waals surface area contributed by atoms with Gasteiger partial charge in [-0.2, -0.15) is 0 Å². The maximum atomic E-state index is 12.2. The van der Waals surface area contributed by atoms with E-state index in [1.165, 1.54) is 0 Å². The molecule has 0 aliphatic carbocycles. The monoisotopic (exact) mass is 353 g/mol. The van der Waals surface area contributed by atoms with E-state index in [1.807, 2.05) is 12.1 Å². The van der Waals surface area contributed by atoms with Gasteiger partial charge in [-0.05, 0) is 35.9 Å². The van der Waals surface area contributed by atoms with Gasteiger partial charge in [-0.1, -0.05) is 35.3 Å². The molecule has 0 spiro atoms. The smallest absolute Gasteiger partial charge is 0.228 e. The molecule has 6 heteroatoms. The number of methoxy groups -OCH3 is 1. The van der Waals surface area contributed by atoms with E-state index in [1.54, 1.807) is 37.4 Å². The normalized spacial score (nSPS) is 10.4. The van der Waals surface area contributed by atoms with Crippen LogP contribution in [0.4, 0.5) is 5.69 Å². The van der Waals surface area contributed by atoms with E-state index in [2.05, 4.69) is 5.32 Å². The summed E-state index contributed by atoms with van der Waals surface area (Å²) in [5.41, 5.74) is 1.41. The Morgan fingerprint density at radius 2 is 1.74 bits per heavy atom. The molecular weight excluding hydrogens is 337 g/mol. The molecule has 0 saturated carbocycles. The van der Waals surface area contributed by atoms with Crippen LogP contribution in [-0.4, -0.2) is 26.2 Å². The lowest BCUT2D eigenvalue weighted by atomic mass is 10.1. The number of hydrogen-bond donors (Lipinski definition) is 1. The molecule has 0 aliphatic heterocycles. The SMILES string of the molecule is COCCOc1ccc(Cl)cc1NC(=O)Cc1ccc(Cl)cc1. The molecule has 0 radical (unpaired) electrons. The van der Waals surface area contributed by atoms with Gasteiger partial charge in [0, 0.05) is 17.2 Å². The van der Waals surface area contributed by atoms with Crippen LogP contribution in [0.3, 0.4) is 0 Å². The summed E-state index contributed by atoms with van der Waals surface area (Å²) < 4.78 is 10.5. The Morgan fingerprint density at radius 3 is 2.43 bits per heavy atom. The number of hydrogen-bond acceptors (Lipinski definition) is 3. The van der Waals surface area contributed by atoms with Crippen molar-refractivity contribution in [2.24, 2.45) is 0 Å². The van der Waals surface area contributed by atoms with E-state index < -0.39 is 0 Å². The molecule has 2 rings (SSSR count). The van der Waals surface area contributed by atoms with Gasteiger partial charge in [-0.15, -0.1) is 0 Å². The van der Waals surface area contributed by atoms with Crippen LogP contribution in [0.25, 0.3) is 0 Å². The molecular formula is C17H17Cl2NO3. The van der Waals surface area contributed by atoms with Crippen molar-refractivity contribution in [3.63, 3.8) is 0 Å². The van der Waals surface area contributed by atoms with Crippen molar-refractivity contribution in [3.8, 4) is 5.75 Å². The summed E-state index contributed by atoms with van der Waals surface area (Å²) in [6.07, 6.45) is 0.237. The zero-order valence-electron chi connectivity index (χ0n) is 12.6. The molecule has 0 fully saturated rings. The van der Waals surface area contributed by atoms with E-state index >= 15 is 0 Å². The number of carbonyl (C=O) groups is 1. The zero-order valence-corrected chi connectivity index (χ0v) is 14.2. The van der Waals surface area contributed by atoms with Gasteiger partial charge in [0.25, 0.3) is 0 Å². The Bertz CT molecular complexity index is 659. The molecule has 0 heterocycles. The standard InChI is InChI=1S/C17H17Cl2NO3/c1-22-8-9-23-16-7-6-14(19)11-15(16)20-17(21)10-12-2-4-13(18)5-3-12/h2-7,11H,8-10H2,1H3,(H,20,21). The number of ether oxygens (including phenoxy) is 2. The van der Waals surface area contributed by atoms with Crippen molar-refractivity contribution < 1.29 is 14.3 Å². The van der Waals surface area contributed by atoms with Gasteiger partial charge >= 0.3 is 0 Å². The molecule has 0 aliphatic rings. The third-order valence-corrected chi connectivity index (χ3v) is 3.53. The minimum atomic E-state index is -0.161. The quantitative estimate of drug-likeness (QED) is 0.758. The summed E-state index contributed by atoms with van der Waals surface area (Å²) >= 11 is 11.8. The van der Waals surface area contributed by atoms with Crippen molar-refractivity contribution in [2.75, 3.05) is 25.6 Å². The van der Waals surface area contributed by atoms with Crippen LogP contribution in [0.2, 0.25) is 10.0 Å². The largest absolute Gasteiger partial charge is 0.489 e. The summed E-state index contributed by atoms with van der Waals surface area (Å²) in [4.78, 5) is 12.2. The Morgan fingerprint density at radius 1 is 1.04 bits per heavy atom. The summed E-state index contributed by atoms with van der Waals surface area (Å²) in [7, 11) is 1.60. The van der Waals surface area contributed by atoms with Gasteiger partial charge in [-0.25, -0.2) is 0 Å². The van der Waals surface area contributed by atoms with Crippen LogP contribution in [0, 0.1) is 0 Å². The van der Waals surface area contributed by atoms with Crippen LogP contribution in [0.5, 0.6) is 5.75 Å². The van der Waals surface area contributed by atoms with Crippen LogP contribution >= 0.6 is 23.2 Å². The third-order valence-electron chi connectivity index (χ3n) is 3.04.